The standard InChI is InChI=1S/C20H21N3OS/c1-4-10-23-14(2)11-17(15(23)3)18-13-25-20(21-18)22-19(24)12-16-8-6-5-7-9-16/h4-9,11,13H,1,10,12H2,2-3H3,(H,21,22,24). The minimum atomic E-state index is -0.0516. The molecule has 5 heteroatoms. The molecular weight excluding hydrogens is 330 g/mol. The summed E-state index contributed by atoms with van der Waals surface area (Å²) in [5.41, 5.74) is 5.31. The van der Waals surface area contributed by atoms with Gasteiger partial charge in [-0.3, -0.25) is 4.79 Å². The number of rotatable bonds is 6. The largest absolute Gasteiger partial charge is 0.345 e. The topological polar surface area (TPSA) is 46.9 Å². The van der Waals surface area contributed by atoms with Gasteiger partial charge in [0.05, 0.1) is 12.1 Å². The van der Waals surface area contributed by atoms with Crippen LogP contribution >= 0.6 is 11.3 Å². The lowest BCUT2D eigenvalue weighted by atomic mass is 10.1. The second-order valence-corrected chi connectivity index (χ2v) is 6.79. The maximum Gasteiger partial charge on any atom is 0.230 e. The fraction of sp³-hybridized carbons (Fsp3) is 0.200. The molecule has 128 valence electrons. The van der Waals surface area contributed by atoms with Crippen molar-refractivity contribution in [1.82, 2.24) is 9.55 Å². The number of aryl methyl sites for hydroxylation is 1. The minimum absolute atomic E-state index is 0.0516. The molecule has 3 rings (SSSR count). The third-order valence-electron chi connectivity index (χ3n) is 4.12. The summed E-state index contributed by atoms with van der Waals surface area (Å²) in [5, 5.41) is 5.51. The molecule has 0 saturated heterocycles. The number of carbonyl (C=O) groups is 1. The zero-order valence-corrected chi connectivity index (χ0v) is 15.3. The van der Waals surface area contributed by atoms with Crippen LogP contribution in [0.4, 0.5) is 5.13 Å². The molecule has 1 amide bonds. The monoisotopic (exact) mass is 351 g/mol. The average molecular weight is 351 g/mol. The maximum atomic E-state index is 12.2. The number of anilines is 1. The number of allylic oxidation sites excluding steroid dienone is 1. The van der Waals surface area contributed by atoms with E-state index in [0.717, 1.165) is 29.1 Å². The summed E-state index contributed by atoms with van der Waals surface area (Å²) in [6.07, 6.45) is 2.24. The van der Waals surface area contributed by atoms with Gasteiger partial charge in [0.2, 0.25) is 5.91 Å². The van der Waals surface area contributed by atoms with Crippen LogP contribution in [-0.4, -0.2) is 15.5 Å². The Morgan fingerprint density at radius 3 is 2.80 bits per heavy atom. The van der Waals surface area contributed by atoms with Gasteiger partial charge in [-0.05, 0) is 25.5 Å². The Kier molecular flexibility index (Phi) is 5.14. The number of aromatic nitrogens is 2. The van der Waals surface area contributed by atoms with Crippen LogP contribution in [0.1, 0.15) is 17.0 Å². The van der Waals surface area contributed by atoms with Gasteiger partial charge < -0.3 is 9.88 Å². The summed E-state index contributed by atoms with van der Waals surface area (Å²) in [7, 11) is 0. The average Bonchev–Trinajstić information content (AvgIpc) is 3.15. The molecule has 0 unspecified atom stereocenters. The summed E-state index contributed by atoms with van der Waals surface area (Å²) in [6, 6.07) is 11.8. The molecule has 0 aliphatic carbocycles. The number of nitrogens with one attached hydrogen (secondary N) is 1. The summed E-state index contributed by atoms with van der Waals surface area (Å²) >= 11 is 1.45. The van der Waals surface area contributed by atoms with Crippen LogP contribution in [0.3, 0.4) is 0 Å². The van der Waals surface area contributed by atoms with Gasteiger partial charge in [0, 0.05) is 28.9 Å². The van der Waals surface area contributed by atoms with Crippen LogP contribution in [-0.2, 0) is 17.8 Å². The van der Waals surface area contributed by atoms with E-state index in [1.165, 1.54) is 17.0 Å². The van der Waals surface area contributed by atoms with E-state index in [-0.39, 0.29) is 5.91 Å². The predicted molar refractivity (Wildman–Crippen MR) is 104 cm³/mol. The number of carbonyl (C=O) groups excluding carboxylic acids is 1. The lowest BCUT2D eigenvalue weighted by Gasteiger charge is -2.05. The van der Waals surface area contributed by atoms with Crippen LogP contribution in [0.25, 0.3) is 11.3 Å². The molecule has 25 heavy (non-hydrogen) atoms. The molecule has 0 fully saturated rings. The first-order chi connectivity index (χ1) is 12.1. The first-order valence-corrected chi connectivity index (χ1v) is 9.03. The van der Waals surface area contributed by atoms with Crippen molar-refractivity contribution >= 4 is 22.4 Å². The summed E-state index contributed by atoms with van der Waals surface area (Å²) < 4.78 is 2.20. The summed E-state index contributed by atoms with van der Waals surface area (Å²) in [5.74, 6) is -0.0516. The zero-order chi connectivity index (χ0) is 17.8. The SMILES string of the molecule is C=CCn1c(C)cc(-c2csc(NC(=O)Cc3ccccc3)n2)c1C. The van der Waals surface area contributed by atoms with Gasteiger partial charge in [0.1, 0.15) is 0 Å². The van der Waals surface area contributed by atoms with Crippen molar-refractivity contribution in [3.8, 4) is 11.3 Å². The summed E-state index contributed by atoms with van der Waals surface area (Å²) in [6.45, 7) is 8.75. The summed E-state index contributed by atoms with van der Waals surface area (Å²) in [4.78, 5) is 16.8. The normalized spacial score (nSPS) is 10.6. The van der Waals surface area contributed by atoms with E-state index in [2.05, 4.69) is 41.4 Å². The maximum absolute atomic E-state index is 12.2. The van der Waals surface area contributed by atoms with E-state index < -0.39 is 0 Å². The zero-order valence-electron chi connectivity index (χ0n) is 14.5. The van der Waals surface area contributed by atoms with Gasteiger partial charge in [-0.1, -0.05) is 36.4 Å². The molecule has 0 aliphatic heterocycles. The van der Waals surface area contributed by atoms with E-state index >= 15 is 0 Å². The first-order valence-electron chi connectivity index (χ1n) is 8.15. The molecule has 1 N–H and O–H groups in total. The highest BCUT2D eigenvalue weighted by Gasteiger charge is 2.14. The molecule has 4 nitrogen and oxygen atoms in total. The van der Waals surface area contributed by atoms with Gasteiger partial charge in [0.25, 0.3) is 0 Å². The van der Waals surface area contributed by atoms with E-state index in [1.54, 1.807) is 0 Å². The van der Waals surface area contributed by atoms with Gasteiger partial charge in [0.15, 0.2) is 5.13 Å². The number of hydrogen-bond donors (Lipinski definition) is 1. The fourth-order valence-electron chi connectivity index (χ4n) is 2.87. The van der Waals surface area contributed by atoms with Gasteiger partial charge in [-0.15, -0.1) is 17.9 Å². The molecule has 1 aromatic carbocycles. The number of amides is 1. The van der Waals surface area contributed by atoms with Crippen molar-refractivity contribution in [2.75, 3.05) is 5.32 Å². The number of benzene rings is 1. The molecule has 0 atom stereocenters. The predicted octanol–water partition coefficient (Wildman–Crippen LogP) is 4.60. The Bertz CT molecular complexity index is 893. The molecular formula is C20H21N3OS. The first kappa shape index (κ1) is 17.2. The van der Waals surface area contributed by atoms with Gasteiger partial charge in [-0.2, -0.15) is 0 Å². The minimum Gasteiger partial charge on any atom is -0.345 e. The van der Waals surface area contributed by atoms with Crippen molar-refractivity contribution in [3.63, 3.8) is 0 Å². The van der Waals surface area contributed by atoms with Gasteiger partial charge >= 0.3 is 0 Å². The molecule has 2 aromatic heterocycles. The molecule has 0 saturated carbocycles. The van der Waals surface area contributed by atoms with Crippen molar-refractivity contribution in [3.05, 3.63) is 71.4 Å². The Labute approximate surface area is 151 Å². The van der Waals surface area contributed by atoms with Crippen molar-refractivity contribution in [2.45, 2.75) is 26.8 Å². The Balaban J connectivity index is 1.73. The second-order valence-electron chi connectivity index (χ2n) is 5.93. The number of thiazole rings is 1. The van der Waals surface area contributed by atoms with Gasteiger partial charge in [-0.25, -0.2) is 4.98 Å². The number of nitrogens with zero attached hydrogens (tertiary/aromatic N) is 2. The molecule has 0 bridgehead atoms. The van der Waals surface area contributed by atoms with E-state index in [1.807, 2.05) is 41.8 Å². The molecule has 0 aliphatic rings. The Hall–Kier alpha value is -2.66. The van der Waals surface area contributed by atoms with E-state index in [9.17, 15) is 4.79 Å². The number of hydrogen-bond acceptors (Lipinski definition) is 3. The smallest absolute Gasteiger partial charge is 0.230 e. The van der Waals surface area contributed by atoms with Crippen molar-refractivity contribution < 1.29 is 4.79 Å². The van der Waals surface area contributed by atoms with Crippen LogP contribution < -0.4 is 5.32 Å². The fourth-order valence-corrected chi connectivity index (χ4v) is 3.60. The van der Waals surface area contributed by atoms with Crippen LogP contribution in [0, 0.1) is 13.8 Å². The van der Waals surface area contributed by atoms with Crippen molar-refractivity contribution in [1.29, 1.82) is 0 Å². The third kappa shape index (κ3) is 3.88. The Morgan fingerprint density at radius 1 is 1.32 bits per heavy atom. The second kappa shape index (κ2) is 7.49. The molecule has 2 heterocycles. The van der Waals surface area contributed by atoms with Crippen LogP contribution in [0.2, 0.25) is 0 Å². The van der Waals surface area contributed by atoms with E-state index in [4.69, 9.17) is 0 Å². The quantitative estimate of drug-likeness (QED) is 0.660. The van der Waals surface area contributed by atoms with E-state index in [0.29, 0.717) is 11.6 Å². The molecule has 0 radical (unpaired) electrons. The third-order valence-corrected chi connectivity index (χ3v) is 4.88. The lowest BCUT2D eigenvalue weighted by molar-refractivity contribution is -0.115. The molecule has 3 aromatic rings. The van der Waals surface area contributed by atoms with Crippen LogP contribution in [0.15, 0.2) is 54.4 Å². The van der Waals surface area contributed by atoms with Crippen LogP contribution in [0.5, 0.6) is 0 Å². The molecule has 0 spiro atoms. The highest BCUT2D eigenvalue weighted by molar-refractivity contribution is 7.14. The van der Waals surface area contributed by atoms with Crippen molar-refractivity contribution in [2.24, 2.45) is 0 Å². The lowest BCUT2D eigenvalue weighted by Crippen LogP contribution is -2.14. The highest BCUT2D eigenvalue weighted by Crippen LogP contribution is 2.30. The Morgan fingerprint density at radius 2 is 2.08 bits per heavy atom. The highest BCUT2D eigenvalue weighted by atomic mass is 32.1.